The van der Waals surface area contributed by atoms with Gasteiger partial charge in [-0.3, -0.25) is 4.99 Å². The summed E-state index contributed by atoms with van der Waals surface area (Å²) in [5.41, 5.74) is 1.39. The van der Waals surface area contributed by atoms with Crippen LogP contribution in [0.3, 0.4) is 0 Å². The lowest BCUT2D eigenvalue weighted by Gasteiger charge is -2.23. The molecule has 0 bridgehead atoms. The monoisotopic (exact) mass is 247 g/mol. The average molecular weight is 247 g/mol. The van der Waals surface area contributed by atoms with Crippen molar-refractivity contribution < 1.29 is 0 Å². The van der Waals surface area contributed by atoms with Crippen LogP contribution in [0, 0.1) is 0 Å². The Morgan fingerprint density at radius 2 is 1.61 bits per heavy atom. The van der Waals surface area contributed by atoms with E-state index >= 15 is 0 Å². The Hall–Kier alpha value is -1.51. The number of benzene rings is 1. The van der Waals surface area contributed by atoms with Gasteiger partial charge >= 0.3 is 0 Å². The van der Waals surface area contributed by atoms with E-state index in [0.29, 0.717) is 5.92 Å². The Morgan fingerprint density at radius 1 is 1.06 bits per heavy atom. The van der Waals surface area contributed by atoms with E-state index in [2.05, 4.69) is 42.2 Å². The number of aliphatic imine (C=N–C) groups is 1. The highest BCUT2D eigenvalue weighted by atomic mass is 15.3. The normalized spacial score (nSPS) is 11.8. The molecule has 1 rings (SSSR count). The molecule has 0 N–H and O–H groups in total. The first-order valence-corrected chi connectivity index (χ1v) is 6.46. The predicted molar refractivity (Wildman–Crippen MR) is 79.2 cm³/mol. The van der Waals surface area contributed by atoms with Gasteiger partial charge in [0.25, 0.3) is 0 Å². The van der Waals surface area contributed by atoms with Crippen molar-refractivity contribution in [3.63, 3.8) is 0 Å². The molecule has 0 aliphatic rings. The van der Waals surface area contributed by atoms with E-state index in [1.165, 1.54) is 5.56 Å². The molecule has 0 aromatic heterocycles. The van der Waals surface area contributed by atoms with Crippen molar-refractivity contribution in [1.82, 2.24) is 9.80 Å². The fourth-order valence-electron chi connectivity index (χ4n) is 1.99. The SMILES string of the molecule is CC(CCN=C(N(C)C)N(C)C)c1ccccc1. The van der Waals surface area contributed by atoms with E-state index < -0.39 is 0 Å². The minimum atomic E-state index is 0.556. The zero-order valence-electron chi connectivity index (χ0n) is 12.2. The number of hydrogen-bond acceptors (Lipinski definition) is 1. The van der Waals surface area contributed by atoms with Crippen LogP contribution in [0.5, 0.6) is 0 Å². The van der Waals surface area contributed by atoms with Crippen LogP contribution in [-0.4, -0.2) is 50.5 Å². The molecule has 100 valence electrons. The second-order valence-corrected chi connectivity index (χ2v) is 5.07. The summed E-state index contributed by atoms with van der Waals surface area (Å²) in [7, 11) is 8.11. The first kappa shape index (κ1) is 14.6. The Kier molecular flexibility index (Phi) is 5.69. The molecule has 3 heteroatoms. The summed E-state index contributed by atoms with van der Waals surface area (Å²) < 4.78 is 0. The molecule has 1 aromatic rings. The quantitative estimate of drug-likeness (QED) is 0.602. The number of nitrogens with zero attached hydrogens (tertiary/aromatic N) is 3. The lowest BCUT2D eigenvalue weighted by Crippen LogP contribution is -2.35. The van der Waals surface area contributed by atoms with Crippen molar-refractivity contribution in [3.05, 3.63) is 35.9 Å². The van der Waals surface area contributed by atoms with Gasteiger partial charge in [0.15, 0.2) is 5.96 Å². The molecule has 1 atom stereocenters. The molecule has 18 heavy (non-hydrogen) atoms. The maximum Gasteiger partial charge on any atom is 0.195 e. The van der Waals surface area contributed by atoms with Crippen LogP contribution in [0.25, 0.3) is 0 Å². The van der Waals surface area contributed by atoms with Crippen LogP contribution in [0.15, 0.2) is 35.3 Å². The van der Waals surface area contributed by atoms with Crippen LogP contribution in [0.4, 0.5) is 0 Å². The van der Waals surface area contributed by atoms with E-state index in [9.17, 15) is 0 Å². The van der Waals surface area contributed by atoms with Gasteiger partial charge in [0.05, 0.1) is 0 Å². The maximum absolute atomic E-state index is 4.66. The summed E-state index contributed by atoms with van der Waals surface area (Å²) in [5.74, 6) is 1.58. The fraction of sp³-hybridized carbons (Fsp3) is 0.533. The van der Waals surface area contributed by atoms with Crippen LogP contribution >= 0.6 is 0 Å². The van der Waals surface area contributed by atoms with E-state index in [1.807, 2.05) is 38.0 Å². The van der Waals surface area contributed by atoms with E-state index in [1.54, 1.807) is 0 Å². The summed E-state index contributed by atoms with van der Waals surface area (Å²) >= 11 is 0. The van der Waals surface area contributed by atoms with E-state index in [4.69, 9.17) is 0 Å². The van der Waals surface area contributed by atoms with Gasteiger partial charge < -0.3 is 9.80 Å². The second kappa shape index (κ2) is 7.04. The van der Waals surface area contributed by atoms with E-state index in [-0.39, 0.29) is 0 Å². The molecule has 0 aliphatic heterocycles. The van der Waals surface area contributed by atoms with Gasteiger partial charge in [-0.05, 0) is 17.9 Å². The van der Waals surface area contributed by atoms with Crippen molar-refractivity contribution in [3.8, 4) is 0 Å². The van der Waals surface area contributed by atoms with Gasteiger partial charge in [0.1, 0.15) is 0 Å². The first-order chi connectivity index (χ1) is 8.52. The van der Waals surface area contributed by atoms with Crippen molar-refractivity contribution in [2.24, 2.45) is 4.99 Å². The topological polar surface area (TPSA) is 18.8 Å². The Labute approximate surface area is 111 Å². The zero-order valence-corrected chi connectivity index (χ0v) is 12.2. The van der Waals surface area contributed by atoms with Crippen LogP contribution in [-0.2, 0) is 0 Å². The molecular weight excluding hydrogens is 222 g/mol. The Balaban J connectivity index is 2.53. The minimum absolute atomic E-state index is 0.556. The number of rotatable bonds is 4. The zero-order chi connectivity index (χ0) is 13.5. The highest BCUT2D eigenvalue weighted by molar-refractivity contribution is 5.79. The summed E-state index contributed by atoms with van der Waals surface area (Å²) in [6.07, 6.45) is 1.08. The molecule has 0 saturated carbocycles. The summed E-state index contributed by atoms with van der Waals surface area (Å²) in [6, 6.07) is 10.6. The number of hydrogen-bond donors (Lipinski definition) is 0. The van der Waals surface area contributed by atoms with Gasteiger partial charge in [-0.25, -0.2) is 0 Å². The van der Waals surface area contributed by atoms with Crippen LogP contribution in [0.1, 0.15) is 24.8 Å². The molecular formula is C15H25N3. The van der Waals surface area contributed by atoms with Gasteiger partial charge in [0.2, 0.25) is 0 Å². The smallest absolute Gasteiger partial charge is 0.195 e. The van der Waals surface area contributed by atoms with E-state index in [0.717, 1.165) is 18.9 Å². The molecule has 0 spiro atoms. The second-order valence-electron chi connectivity index (χ2n) is 5.07. The molecule has 0 amide bonds. The average Bonchev–Trinajstić information content (AvgIpc) is 2.34. The first-order valence-electron chi connectivity index (χ1n) is 6.46. The molecule has 3 nitrogen and oxygen atoms in total. The van der Waals surface area contributed by atoms with Crippen molar-refractivity contribution >= 4 is 5.96 Å². The Morgan fingerprint density at radius 3 is 2.11 bits per heavy atom. The third-order valence-electron chi connectivity index (χ3n) is 2.98. The molecule has 1 unspecified atom stereocenters. The van der Waals surface area contributed by atoms with Crippen molar-refractivity contribution in [1.29, 1.82) is 0 Å². The van der Waals surface area contributed by atoms with Crippen molar-refractivity contribution in [2.75, 3.05) is 34.7 Å². The van der Waals surface area contributed by atoms with Crippen molar-refractivity contribution in [2.45, 2.75) is 19.3 Å². The van der Waals surface area contributed by atoms with Crippen LogP contribution < -0.4 is 0 Å². The maximum atomic E-state index is 4.66. The molecule has 0 fully saturated rings. The fourth-order valence-corrected chi connectivity index (χ4v) is 1.99. The predicted octanol–water partition coefficient (Wildman–Crippen LogP) is 2.66. The third kappa shape index (κ3) is 4.40. The molecule has 1 aromatic carbocycles. The van der Waals surface area contributed by atoms with Crippen LogP contribution in [0.2, 0.25) is 0 Å². The van der Waals surface area contributed by atoms with Gasteiger partial charge in [-0.15, -0.1) is 0 Å². The molecule has 0 aliphatic carbocycles. The van der Waals surface area contributed by atoms with Gasteiger partial charge in [0, 0.05) is 34.7 Å². The highest BCUT2D eigenvalue weighted by Crippen LogP contribution is 2.18. The molecule has 0 saturated heterocycles. The lowest BCUT2D eigenvalue weighted by atomic mass is 9.98. The summed E-state index contributed by atoms with van der Waals surface area (Å²) in [4.78, 5) is 8.75. The third-order valence-corrected chi connectivity index (χ3v) is 2.98. The van der Waals surface area contributed by atoms with Gasteiger partial charge in [-0.1, -0.05) is 37.3 Å². The molecule has 0 heterocycles. The van der Waals surface area contributed by atoms with Gasteiger partial charge in [-0.2, -0.15) is 0 Å². The summed E-state index contributed by atoms with van der Waals surface area (Å²) in [6.45, 7) is 3.12. The standard InChI is InChI=1S/C15H25N3/c1-13(14-9-7-6-8-10-14)11-12-16-15(17(2)3)18(4)5/h6-10,13H,11-12H2,1-5H3. The largest absolute Gasteiger partial charge is 0.349 e. The number of guanidine groups is 1. The highest BCUT2D eigenvalue weighted by Gasteiger charge is 2.06. The lowest BCUT2D eigenvalue weighted by molar-refractivity contribution is 0.477. The summed E-state index contributed by atoms with van der Waals surface area (Å²) in [5, 5.41) is 0. The Bertz CT molecular complexity index is 359. The molecule has 0 radical (unpaired) electrons. The minimum Gasteiger partial charge on any atom is -0.349 e.